The smallest absolute Gasteiger partial charge is 0.389 e. The van der Waals surface area contributed by atoms with Crippen molar-refractivity contribution in [1.82, 2.24) is 0 Å². The second-order valence-electron chi connectivity index (χ2n) is 3.79. The van der Waals surface area contributed by atoms with E-state index in [0.29, 0.717) is 6.07 Å². The van der Waals surface area contributed by atoms with Gasteiger partial charge in [0, 0.05) is 0 Å². The summed E-state index contributed by atoms with van der Waals surface area (Å²) >= 11 is 0. The van der Waals surface area contributed by atoms with Crippen LogP contribution in [0.3, 0.4) is 0 Å². The van der Waals surface area contributed by atoms with Crippen molar-refractivity contribution in [1.29, 1.82) is 10.5 Å². The molecule has 0 heterocycles. The molecule has 0 radical (unpaired) electrons. The van der Waals surface area contributed by atoms with Crippen molar-refractivity contribution in [3.63, 3.8) is 0 Å². The Kier molecular flexibility index (Phi) is 4.49. The lowest BCUT2D eigenvalue weighted by atomic mass is 9.95. The number of rotatable bonds is 3. The van der Waals surface area contributed by atoms with E-state index in [4.69, 9.17) is 10.5 Å². The Morgan fingerprint density at radius 1 is 1.21 bits per heavy atom. The van der Waals surface area contributed by atoms with Crippen LogP contribution in [0.5, 0.6) is 0 Å². The number of alkyl halides is 3. The van der Waals surface area contributed by atoms with E-state index < -0.39 is 35.9 Å². The monoisotopic (exact) mass is 270 g/mol. The third-order valence-corrected chi connectivity index (χ3v) is 2.47. The van der Waals surface area contributed by atoms with Crippen LogP contribution < -0.4 is 0 Å². The van der Waals surface area contributed by atoms with Gasteiger partial charge in [-0.3, -0.25) is 0 Å². The summed E-state index contributed by atoms with van der Waals surface area (Å²) in [6.45, 7) is 0. The first-order valence-electron chi connectivity index (χ1n) is 5.15. The van der Waals surface area contributed by atoms with Gasteiger partial charge >= 0.3 is 6.18 Å². The number of halogens is 3. The van der Waals surface area contributed by atoms with Crippen LogP contribution >= 0.6 is 0 Å². The van der Waals surface area contributed by atoms with Crippen LogP contribution in [0.2, 0.25) is 0 Å². The van der Waals surface area contributed by atoms with Crippen molar-refractivity contribution in [2.24, 2.45) is 0 Å². The van der Waals surface area contributed by atoms with Crippen molar-refractivity contribution >= 4 is 0 Å². The van der Waals surface area contributed by atoms with Gasteiger partial charge in [-0.15, -0.1) is 0 Å². The molecule has 7 heteroatoms. The van der Waals surface area contributed by atoms with Gasteiger partial charge in [-0.25, -0.2) is 0 Å². The van der Waals surface area contributed by atoms with Gasteiger partial charge in [0.1, 0.15) is 6.10 Å². The van der Waals surface area contributed by atoms with E-state index in [0.717, 1.165) is 12.1 Å². The first kappa shape index (κ1) is 15.0. The molecule has 1 aromatic carbocycles. The molecule has 0 aliphatic heterocycles. The topological polar surface area (TPSA) is 88.0 Å². The van der Waals surface area contributed by atoms with Gasteiger partial charge in [0.2, 0.25) is 0 Å². The SMILES string of the molecule is N#CCC(O)C(O)c1ccc(C#N)cc1C(F)(F)F. The maximum absolute atomic E-state index is 12.8. The van der Waals surface area contributed by atoms with E-state index in [-0.39, 0.29) is 5.56 Å². The summed E-state index contributed by atoms with van der Waals surface area (Å²) in [5.41, 5.74) is -1.97. The molecule has 0 bridgehead atoms. The average Bonchev–Trinajstić information content (AvgIpc) is 2.36. The molecule has 19 heavy (non-hydrogen) atoms. The molecule has 1 rings (SSSR count). The Morgan fingerprint density at radius 3 is 2.32 bits per heavy atom. The molecule has 0 amide bonds. The number of nitrogens with zero attached hydrogens (tertiary/aromatic N) is 2. The molecular formula is C12H9F3N2O2. The molecule has 100 valence electrons. The van der Waals surface area contributed by atoms with Gasteiger partial charge < -0.3 is 10.2 Å². The lowest BCUT2D eigenvalue weighted by Gasteiger charge is -2.20. The highest BCUT2D eigenvalue weighted by Gasteiger charge is 2.36. The normalized spacial score (nSPS) is 14.3. The van der Waals surface area contributed by atoms with Crippen LogP contribution in [0.4, 0.5) is 13.2 Å². The zero-order chi connectivity index (χ0) is 14.6. The van der Waals surface area contributed by atoms with Crippen molar-refractivity contribution in [3.8, 4) is 12.1 Å². The molecule has 0 fully saturated rings. The summed E-state index contributed by atoms with van der Waals surface area (Å²) in [5.74, 6) is 0. The predicted octanol–water partition coefficient (Wildman–Crippen LogP) is 1.89. The molecule has 0 aromatic heterocycles. The Morgan fingerprint density at radius 2 is 1.84 bits per heavy atom. The summed E-state index contributed by atoms with van der Waals surface area (Å²) in [5, 5.41) is 36.0. The van der Waals surface area contributed by atoms with Crippen molar-refractivity contribution in [2.75, 3.05) is 0 Å². The predicted molar refractivity (Wildman–Crippen MR) is 57.4 cm³/mol. The van der Waals surface area contributed by atoms with Gasteiger partial charge in [-0.2, -0.15) is 23.7 Å². The third kappa shape index (κ3) is 3.44. The molecule has 0 aliphatic carbocycles. The number of benzene rings is 1. The standard InChI is InChI=1S/C12H9F3N2O2/c13-12(14,15)9-5-7(6-17)1-2-8(9)11(19)10(18)3-4-16/h1-2,5,10-11,18-19H,3H2. The quantitative estimate of drug-likeness (QED) is 0.877. The van der Waals surface area contributed by atoms with Crippen LogP contribution in [0, 0.1) is 22.7 Å². The number of hydrogen-bond donors (Lipinski definition) is 2. The Hall–Kier alpha value is -2.09. The maximum atomic E-state index is 12.8. The Labute approximate surface area is 106 Å². The van der Waals surface area contributed by atoms with E-state index in [2.05, 4.69) is 0 Å². The lowest BCUT2D eigenvalue weighted by Crippen LogP contribution is -2.21. The van der Waals surface area contributed by atoms with Gasteiger partial charge in [0.25, 0.3) is 0 Å². The van der Waals surface area contributed by atoms with Crippen LogP contribution in [0.25, 0.3) is 0 Å². The number of aliphatic hydroxyl groups is 2. The Bertz CT molecular complexity index is 543. The lowest BCUT2D eigenvalue weighted by molar-refractivity contribution is -0.139. The molecule has 0 saturated heterocycles. The fraction of sp³-hybridized carbons (Fsp3) is 0.333. The zero-order valence-corrected chi connectivity index (χ0v) is 9.52. The first-order valence-corrected chi connectivity index (χ1v) is 5.15. The summed E-state index contributed by atoms with van der Waals surface area (Å²) in [6, 6.07) is 5.74. The van der Waals surface area contributed by atoms with E-state index in [9.17, 15) is 23.4 Å². The molecule has 2 unspecified atom stereocenters. The summed E-state index contributed by atoms with van der Waals surface area (Å²) < 4.78 is 38.4. The Balaban J connectivity index is 3.29. The first-order chi connectivity index (χ1) is 8.81. The van der Waals surface area contributed by atoms with E-state index >= 15 is 0 Å². The molecule has 0 spiro atoms. The van der Waals surface area contributed by atoms with Crippen molar-refractivity contribution in [2.45, 2.75) is 24.8 Å². The number of hydrogen-bond acceptors (Lipinski definition) is 4. The van der Waals surface area contributed by atoms with Gasteiger partial charge in [-0.1, -0.05) is 6.07 Å². The van der Waals surface area contributed by atoms with Crippen molar-refractivity contribution in [3.05, 3.63) is 34.9 Å². The molecule has 1 aromatic rings. The highest BCUT2D eigenvalue weighted by molar-refractivity contribution is 5.41. The third-order valence-electron chi connectivity index (χ3n) is 2.47. The summed E-state index contributed by atoms with van der Waals surface area (Å²) in [6.07, 6.45) is -8.74. The van der Waals surface area contributed by atoms with Gasteiger partial charge in [0.15, 0.2) is 0 Å². The van der Waals surface area contributed by atoms with E-state index in [1.54, 1.807) is 12.1 Å². The molecule has 0 saturated carbocycles. The minimum atomic E-state index is -4.77. The minimum absolute atomic E-state index is 0.210. The highest BCUT2D eigenvalue weighted by atomic mass is 19.4. The van der Waals surface area contributed by atoms with Crippen molar-refractivity contribution < 1.29 is 23.4 Å². The fourth-order valence-electron chi connectivity index (χ4n) is 1.54. The van der Waals surface area contributed by atoms with Crippen LogP contribution in [-0.4, -0.2) is 16.3 Å². The van der Waals surface area contributed by atoms with Crippen LogP contribution in [0.1, 0.15) is 29.2 Å². The minimum Gasteiger partial charge on any atom is -0.389 e. The largest absolute Gasteiger partial charge is 0.416 e. The molecule has 2 atom stereocenters. The second-order valence-corrected chi connectivity index (χ2v) is 3.79. The maximum Gasteiger partial charge on any atom is 0.416 e. The van der Waals surface area contributed by atoms with E-state index in [1.165, 1.54) is 0 Å². The summed E-state index contributed by atoms with van der Waals surface area (Å²) in [7, 11) is 0. The average molecular weight is 270 g/mol. The van der Waals surface area contributed by atoms with Crippen LogP contribution in [-0.2, 0) is 6.18 Å². The van der Waals surface area contributed by atoms with Crippen LogP contribution in [0.15, 0.2) is 18.2 Å². The second kappa shape index (κ2) is 5.70. The molecule has 0 aliphatic rings. The number of nitriles is 2. The molecule has 4 nitrogen and oxygen atoms in total. The highest BCUT2D eigenvalue weighted by Crippen LogP contribution is 2.36. The summed E-state index contributed by atoms with van der Waals surface area (Å²) in [4.78, 5) is 0. The van der Waals surface area contributed by atoms with E-state index in [1.807, 2.05) is 0 Å². The number of aliphatic hydroxyl groups excluding tert-OH is 2. The zero-order valence-electron chi connectivity index (χ0n) is 9.52. The molecular weight excluding hydrogens is 261 g/mol. The molecule has 2 N–H and O–H groups in total. The van der Waals surface area contributed by atoms with Gasteiger partial charge in [0.05, 0.1) is 35.8 Å². The van der Waals surface area contributed by atoms with Gasteiger partial charge in [-0.05, 0) is 17.7 Å². The fourth-order valence-corrected chi connectivity index (χ4v) is 1.54.